The molecular weight excluding hydrogens is 200 g/mol. The first kappa shape index (κ1) is 9.29. The molecule has 0 bridgehead atoms. The molecule has 0 unspecified atom stereocenters. The minimum Gasteiger partial charge on any atom is -0.387 e. The van der Waals surface area contributed by atoms with Gasteiger partial charge in [0, 0.05) is 11.6 Å². The summed E-state index contributed by atoms with van der Waals surface area (Å²) in [7, 11) is 0. The Labute approximate surface area is 85.0 Å². The molecule has 74 valence electrons. The van der Waals surface area contributed by atoms with E-state index in [1.807, 2.05) is 5.38 Å². The lowest BCUT2D eigenvalue weighted by atomic mass is 10.3. The number of thiazole rings is 1. The molecule has 1 atom stereocenters. The second-order valence-corrected chi connectivity index (χ2v) is 3.92. The van der Waals surface area contributed by atoms with Gasteiger partial charge in [0.05, 0.1) is 18.8 Å². The molecule has 0 aromatic carbocycles. The highest BCUT2D eigenvalue weighted by Crippen LogP contribution is 2.09. The molecule has 0 amide bonds. The molecule has 2 heterocycles. The zero-order valence-electron chi connectivity index (χ0n) is 7.66. The first-order chi connectivity index (χ1) is 6.75. The fourth-order valence-electron chi connectivity index (χ4n) is 1.05. The largest absolute Gasteiger partial charge is 0.387 e. The van der Waals surface area contributed by atoms with Crippen LogP contribution in [-0.2, 0) is 6.54 Å². The third-order valence-corrected chi connectivity index (χ3v) is 2.53. The highest BCUT2D eigenvalue weighted by molar-refractivity contribution is 7.09. The van der Waals surface area contributed by atoms with Gasteiger partial charge in [-0.05, 0) is 6.92 Å². The van der Waals surface area contributed by atoms with Gasteiger partial charge in [0.15, 0.2) is 0 Å². The molecule has 2 rings (SSSR count). The fraction of sp³-hybridized carbons (Fsp3) is 0.375. The van der Waals surface area contributed by atoms with Crippen molar-refractivity contribution >= 4 is 11.3 Å². The quantitative estimate of drug-likeness (QED) is 0.815. The molecule has 14 heavy (non-hydrogen) atoms. The Hall–Kier alpha value is -1.27. The normalized spacial score (nSPS) is 13.0. The number of aromatic nitrogens is 4. The second-order valence-electron chi connectivity index (χ2n) is 2.94. The van der Waals surface area contributed by atoms with Gasteiger partial charge < -0.3 is 5.11 Å². The highest BCUT2D eigenvalue weighted by atomic mass is 32.1. The lowest BCUT2D eigenvalue weighted by Gasteiger charge is -1.95. The molecule has 0 fully saturated rings. The smallest absolute Gasteiger partial charge is 0.114 e. The van der Waals surface area contributed by atoms with Crippen LogP contribution in [-0.4, -0.2) is 25.1 Å². The average molecular weight is 210 g/mol. The van der Waals surface area contributed by atoms with E-state index in [1.165, 1.54) is 0 Å². The first-order valence-electron chi connectivity index (χ1n) is 4.22. The van der Waals surface area contributed by atoms with Gasteiger partial charge in [-0.1, -0.05) is 5.21 Å². The van der Waals surface area contributed by atoms with Crippen molar-refractivity contribution in [1.82, 2.24) is 20.0 Å². The third kappa shape index (κ3) is 1.97. The maximum Gasteiger partial charge on any atom is 0.114 e. The number of hydrogen-bond acceptors (Lipinski definition) is 5. The Bertz CT molecular complexity index is 395. The Morgan fingerprint density at radius 1 is 1.64 bits per heavy atom. The summed E-state index contributed by atoms with van der Waals surface area (Å²) in [5, 5.41) is 19.9. The van der Waals surface area contributed by atoms with E-state index < -0.39 is 6.10 Å². The zero-order valence-corrected chi connectivity index (χ0v) is 8.48. The van der Waals surface area contributed by atoms with Gasteiger partial charge in [-0.3, -0.25) is 0 Å². The molecule has 2 aromatic heterocycles. The molecule has 0 spiro atoms. The van der Waals surface area contributed by atoms with Crippen molar-refractivity contribution in [2.45, 2.75) is 19.6 Å². The van der Waals surface area contributed by atoms with E-state index in [4.69, 9.17) is 0 Å². The minimum atomic E-state index is -0.569. The third-order valence-electron chi connectivity index (χ3n) is 1.77. The summed E-state index contributed by atoms with van der Waals surface area (Å²) < 4.78 is 1.67. The van der Waals surface area contributed by atoms with Crippen LogP contribution < -0.4 is 0 Å². The van der Waals surface area contributed by atoms with E-state index in [9.17, 15) is 5.11 Å². The fourth-order valence-corrected chi connectivity index (χ4v) is 1.66. The summed E-state index contributed by atoms with van der Waals surface area (Å²) in [5.41, 5.74) is 0.585. The maximum absolute atomic E-state index is 9.23. The van der Waals surface area contributed by atoms with Gasteiger partial charge in [0.25, 0.3) is 0 Å². The van der Waals surface area contributed by atoms with Crippen molar-refractivity contribution in [3.8, 4) is 0 Å². The Balaban J connectivity index is 2.11. The number of rotatable bonds is 3. The molecule has 0 aliphatic heterocycles. The van der Waals surface area contributed by atoms with Crippen LogP contribution in [0.5, 0.6) is 0 Å². The van der Waals surface area contributed by atoms with Crippen molar-refractivity contribution in [3.05, 3.63) is 28.5 Å². The van der Waals surface area contributed by atoms with Crippen LogP contribution in [0.4, 0.5) is 0 Å². The van der Waals surface area contributed by atoms with E-state index in [0.717, 1.165) is 5.01 Å². The van der Waals surface area contributed by atoms with E-state index in [-0.39, 0.29) is 0 Å². The first-order valence-corrected chi connectivity index (χ1v) is 5.10. The van der Waals surface area contributed by atoms with E-state index in [1.54, 1.807) is 35.3 Å². The van der Waals surface area contributed by atoms with Crippen LogP contribution >= 0.6 is 11.3 Å². The van der Waals surface area contributed by atoms with Crippen LogP contribution in [0.15, 0.2) is 17.8 Å². The van der Waals surface area contributed by atoms with E-state index in [0.29, 0.717) is 12.2 Å². The van der Waals surface area contributed by atoms with Gasteiger partial charge in [0.2, 0.25) is 0 Å². The number of hydrogen-bond donors (Lipinski definition) is 1. The van der Waals surface area contributed by atoms with Gasteiger partial charge >= 0.3 is 0 Å². The molecule has 6 heteroatoms. The van der Waals surface area contributed by atoms with Crippen LogP contribution in [0, 0.1) is 0 Å². The SMILES string of the molecule is C[C@H](O)c1cn(Cc2nccs2)nn1. The molecule has 0 saturated carbocycles. The van der Waals surface area contributed by atoms with Crippen molar-refractivity contribution in [2.75, 3.05) is 0 Å². The monoisotopic (exact) mass is 210 g/mol. The minimum absolute atomic E-state index is 0.569. The Kier molecular flexibility index (Phi) is 2.55. The summed E-state index contributed by atoms with van der Waals surface area (Å²) in [6.45, 7) is 2.27. The van der Waals surface area contributed by atoms with Crippen LogP contribution in [0.25, 0.3) is 0 Å². The van der Waals surface area contributed by atoms with Crippen molar-refractivity contribution in [1.29, 1.82) is 0 Å². The summed E-state index contributed by atoms with van der Waals surface area (Å²) in [4.78, 5) is 4.13. The van der Waals surface area contributed by atoms with Crippen molar-refractivity contribution in [2.24, 2.45) is 0 Å². The number of aliphatic hydroxyl groups is 1. The van der Waals surface area contributed by atoms with E-state index in [2.05, 4.69) is 15.3 Å². The van der Waals surface area contributed by atoms with Gasteiger partial charge in [0.1, 0.15) is 10.7 Å². The molecule has 5 nitrogen and oxygen atoms in total. The van der Waals surface area contributed by atoms with Crippen LogP contribution in [0.1, 0.15) is 23.7 Å². The van der Waals surface area contributed by atoms with Crippen LogP contribution in [0.2, 0.25) is 0 Å². The summed E-state index contributed by atoms with van der Waals surface area (Å²) in [5.74, 6) is 0. The number of nitrogens with zero attached hydrogens (tertiary/aromatic N) is 4. The van der Waals surface area contributed by atoms with Crippen LogP contribution in [0.3, 0.4) is 0 Å². The Morgan fingerprint density at radius 3 is 3.07 bits per heavy atom. The highest BCUT2D eigenvalue weighted by Gasteiger charge is 2.06. The van der Waals surface area contributed by atoms with E-state index >= 15 is 0 Å². The average Bonchev–Trinajstić information content (AvgIpc) is 2.75. The summed E-state index contributed by atoms with van der Waals surface area (Å²) >= 11 is 1.57. The van der Waals surface area contributed by atoms with Crippen molar-refractivity contribution in [3.63, 3.8) is 0 Å². The van der Waals surface area contributed by atoms with Gasteiger partial charge in [-0.25, -0.2) is 9.67 Å². The molecule has 0 aliphatic rings. The maximum atomic E-state index is 9.23. The predicted molar refractivity (Wildman–Crippen MR) is 51.9 cm³/mol. The topological polar surface area (TPSA) is 63.8 Å². The summed E-state index contributed by atoms with van der Waals surface area (Å²) in [6.07, 6.45) is 2.92. The molecular formula is C8H10N4OS. The summed E-state index contributed by atoms with van der Waals surface area (Å²) in [6, 6.07) is 0. The molecule has 0 aliphatic carbocycles. The lowest BCUT2D eigenvalue weighted by molar-refractivity contribution is 0.194. The molecule has 0 saturated heterocycles. The lowest BCUT2D eigenvalue weighted by Crippen LogP contribution is -1.99. The van der Waals surface area contributed by atoms with Gasteiger partial charge in [-0.2, -0.15) is 0 Å². The second kappa shape index (κ2) is 3.85. The Morgan fingerprint density at radius 2 is 2.50 bits per heavy atom. The molecule has 2 aromatic rings. The predicted octanol–water partition coefficient (Wildman–Crippen LogP) is 0.836. The van der Waals surface area contributed by atoms with Crippen molar-refractivity contribution < 1.29 is 5.11 Å². The standard InChI is InChI=1S/C8H10N4OS/c1-6(13)7-4-12(11-10-7)5-8-9-2-3-14-8/h2-4,6,13H,5H2,1H3/t6-/m0/s1. The number of aliphatic hydroxyl groups excluding tert-OH is 1. The van der Waals surface area contributed by atoms with Gasteiger partial charge in [-0.15, -0.1) is 16.4 Å². The molecule has 0 radical (unpaired) electrons. The zero-order chi connectivity index (χ0) is 9.97. The molecule has 1 N–H and O–H groups in total.